The van der Waals surface area contributed by atoms with E-state index in [0.29, 0.717) is 6.42 Å². The molecular weight excluding hydrogens is 276 g/mol. The Morgan fingerprint density at radius 3 is 2.59 bits per heavy atom. The first-order valence-corrected chi connectivity index (χ1v) is 7.49. The maximum Gasteiger partial charge on any atom is 0.226 e. The Hall–Kier alpha value is -2.30. The fourth-order valence-corrected chi connectivity index (χ4v) is 2.37. The van der Waals surface area contributed by atoms with Crippen LogP contribution in [0, 0.1) is 20.8 Å². The predicted molar refractivity (Wildman–Crippen MR) is 90.2 cm³/mol. The minimum absolute atomic E-state index is 0.000365. The molecule has 0 unspecified atom stereocenters. The van der Waals surface area contributed by atoms with Gasteiger partial charge in [-0.25, -0.2) is 0 Å². The van der Waals surface area contributed by atoms with Crippen molar-refractivity contribution in [2.24, 2.45) is 7.05 Å². The number of aromatic nitrogens is 2. The van der Waals surface area contributed by atoms with Gasteiger partial charge in [0, 0.05) is 37.0 Å². The zero-order valence-electron chi connectivity index (χ0n) is 13.9. The molecule has 0 radical (unpaired) electrons. The van der Waals surface area contributed by atoms with E-state index in [9.17, 15) is 4.79 Å². The van der Waals surface area contributed by atoms with Crippen molar-refractivity contribution in [3.63, 3.8) is 0 Å². The van der Waals surface area contributed by atoms with E-state index in [0.717, 1.165) is 22.8 Å². The number of hydrogen-bond acceptors (Lipinski definition) is 3. The van der Waals surface area contributed by atoms with Crippen molar-refractivity contribution in [3.05, 3.63) is 41.1 Å². The van der Waals surface area contributed by atoms with Gasteiger partial charge in [-0.2, -0.15) is 5.10 Å². The number of hydrogen-bond donors (Lipinski definition) is 2. The van der Waals surface area contributed by atoms with Gasteiger partial charge in [0.1, 0.15) is 5.82 Å². The van der Waals surface area contributed by atoms with Crippen molar-refractivity contribution in [2.45, 2.75) is 40.2 Å². The highest BCUT2D eigenvalue weighted by molar-refractivity contribution is 5.92. The van der Waals surface area contributed by atoms with Gasteiger partial charge in [0.25, 0.3) is 0 Å². The van der Waals surface area contributed by atoms with Crippen LogP contribution in [0.1, 0.15) is 30.2 Å². The van der Waals surface area contributed by atoms with Crippen molar-refractivity contribution < 1.29 is 4.79 Å². The zero-order valence-corrected chi connectivity index (χ0v) is 13.9. The SMILES string of the molecule is Cc1ccc(NC(=O)C[C@@H](C)Nc2cc(C)n(C)n2)c(C)c1. The number of carbonyl (C=O) groups excluding carboxylic acids is 1. The van der Waals surface area contributed by atoms with E-state index in [1.165, 1.54) is 5.56 Å². The summed E-state index contributed by atoms with van der Waals surface area (Å²) >= 11 is 0. The van der Waals surface area contributed by atoms with Crippen LogP contribution in [-0.4, -0.2) is 21.7 Å². The second-order valence-electron chi connectivity index (χ2n) is 5.91. The van der Waals surface area contributed by atoms with E-state index in [4.69, 9.17) is 0 Å². The Balaban J connectivity index is 1.91. The molecule has 2 N–H and O–H groups in total. The summed E-state index contributed by atoms with van der Waals surface area (Å²) in [4.78, 5) is 12.1. The molecule has 0 fully saturated rings. The molecule has 0 bridgehead atoms. The number of carbonyl (C=O) groups is 1. The number of nitrogens with zero attached hydrogens (tertiary/aromatic N) is 2. The van der Waals surface area contributed by atoms with E-state index in [2.05, 4.69) is 21.8 Å². The maximum atomic E-state index is 12.1. The number of anilines is 2. The molecule has 0 aliphatic heterocycles. The zero-order chi connectivity index (χ0) is 16.3. The molecule has 118 valence electrons. The molecule has 1 aromatic heterocycles. The third-order valence-electron chi connectivity index (χ3n) is 3.66. The normalized spacial score (nSPS) is 12.0. The molecule has 1 heterocycles. The average Bonchev–Trinajstić information content (AvgIpc) is 2.71. The topological polar surface area (TPSA) is 59.0 Å². The monoisotopic (exact) mass is 300 g/mol. The van der Waals surface area contributed by atoms with Crippen LogP contribution in [0.5, 0.6) is 0 Å². The summed E-state index contributed by atoms with van der Waals surface area (Å²) in [5.74, 6) is 0.798. The third kappa shape index (κ3) is 4.10. The van der Waals surface area contributed by atoms with Crippen LogP contribution >= 0.6 is 0 Å². The van der Waals surface area contributed by atoms with Crippen molar-refractivity contribution >= 4 is 17.4 Å². The molecule has 5 nitrogen and oxygen atoms in total. The molecule has 22 heavy (non-hydrogen) atoms. The van der Waals surface area contributed by atoms with Crippen LogP contribution in [-0.2, 0) is 11.8 Å². The summed E-state index contributed by atoms with van der Waals surface area (Å²) in [6, 6.07) is 8.00. The number of aryl methyl sites for hydroxylation is 4. The lowest BCUT2D eigenvalue weighted by Gasteiger charge is -2.14. The lowest BCUT2D eigenvalue weighted by molar-refractivity contribution is -0.116. The maximum absolute atomic E-state index is 12.1. The summed E-state index contributed by atoms with van der Waals surface area (Å²) in [7, 11) is 1.90. The van der Waals surface area contributed by atoms with Gasteiger partial charge >= 0.3 is 0 Å². The van der Waals surface area contributed by atoms with Gasteiger partial charge < -0.3 is 10.6 Å². The molecule has 2 aromatic rings. The van der Waals surface area contributed by atoms with Gasteiger partial charge in [0.15, 0.2) is 0 Å². The molecule has 0 aliphatic carbocycles. The standard InChI is InChI=1S/C17H24N4O/c1-11-6-7-15(12(2)8-11)19-17(22)9-13(3)18-16-10-14(4)21(5)20-16/h6-8,10,13H,9H2,1-5H3,(H,18,20)(H,19,22)/t13-/m1/s1. The van der Waals surface area contributed by atoms with Crippen LogP contribution in [0.3, 0.4) is 0 Å². The van der Waals surface area contributed by atoms with Gasteiger partial charge in [-0.3, -0.25) is 9.48 Å². The molecule has 2 rings (SSSR count). The molecule has 0 saturated heterocycles. The molecule has 0 aliphatic rings. The first kappa shape index (κ1) is 16.1. The lowest BCUT2D eigenvalue weighted by Crippen LogP contribution is -2.24. The van der Waals surface area contributed by atoms with E-state index >= 15 is 0 Å². The summed E-state index contributed by atoms with van der Waals surface area (Å²) in [6.07, 6.45) is 0.392. The smallest absolute Gasteiger partial charge is 0.226 e. The molecular formula is C17H24N4O. The van der Waals surface area contributed by atoms with Crippen LogP contribution < -0.4 is 10.6 Å². The first-order chi connectivity index (χ1) is 10.3. The fourth-order valence-electron chi connectivity index (χ4n) is 2.37. The van der Waals surface area contributed by atoms with Crippen molar-refractivity contribution in [1.29, 1.82) is 0 Å². The van der Waals surface area contributed by atoms with Crippen molar-refractivity contribution in [2.75, 3.05) is 10.6 Å². The predicted octanol–water partition coefficient (Wildman–Crippen LogP) is 3.17. The number of amides is 1. The minimum Gasteiger partial charge on any atom is -0.366 e. The van der Waals surface area contributed by atoms with Gasteiger partial charge in [0.2, 0.25) is 5.91 Å². The van der Waals surface area contributed by atoms with Gasteiger partial charge in [-0.05, 0) is 39.3 Å². The summed E-state index contributed by atoms with van der Waals surface area (Å²) in [6.45, 7) is 8.02. The largest absolute Gasteiger partial charge is 0.366 e. The minimum atomic E-state index is -0.000365. The highest BCUT2D eigenvalue weighted by atomic mass is 16.1. The molecule has 0 spiro atoms. The van der Waals surface area contributed by atoms with E-state index in [-0.39, 0.29) is 11.9 Å². The van der Waals surface area contributed by atoms with Crippen molar-refractivity contribution in [1.82, 2.24) is 9.78 Å². The van der Waals surface area contributed by atoms with E-state index < -0.39 is 0 Å². The molecule has 1 aromatic carbocycles. The second kappa shape index (κ2) is 6.64. The van der Waals surface area contributed by atoms with E-state index in [1.807, 2.05) is 57.6 Å². The number of nitrogens with one attached hydrogen (secondary N) is 2. The second-order valence-corrected chi connectivity index (χ2v) is 5.91. The van der Waals surface area contributed by atoms with Gasteiger partial charge in [0.05, 0.1) is 0 Å². The fraction of sp³-hybridized carbons (Fsp3) is 0.412. The highest BCUT2D eigenvalue weighted by Crippen LogP contribution is 2.17. The Labute approximate surface area is 131 Å². The molecule has 5 heteroatoms. The van der Waals surface area contributed by atoms with Gasteiger partial charge in [-0.1, -0.05) is 17.7 Å². The Morgan fingerprint density at radius 2 is 2.00 bits per heavy atom. The summed E-state index contributed by atoms with van der Waals surface area (Å²) < 4.78 is 1.81. The van der Waals surface area contributed by atoms with Crippen molar-refractivity contribution in [3.8, 4) is 0 Å². The first-order valence-electron chi connectivity index (χ1n) is 7.49. The van der Waals surface area contributed by atoms with Crippen LogP contribution in [0.4, 0.5) is 11.5 Å². The van der Waals surface area contributed by atoms with Crippen LogP contribution in [0.15, 0.2) is 24.3 Å². The lowest BCUT2D eigenvalue weighted by atomic mass is 10.1. The third-order valence-corrected chi connectivity index (χ3v) is 3.66. The summed E-state index contributed by atoms with van der Waals surface area (Å²) in [5.41, 5.74) is 4.22. The number of benzene rings is 1. The molecule has 0 saturated carbocycles. The highest BCUT2D eigenvalue weighted by Gasteiger charge is 2.12. The van der Waals surface area contributed by atoms with Gasteiger partial charge in [-0.15, -0.1) is 0 Å². The Morgan fingerprint density at radius 1 is 1.27 bits per heavy atom. The average molecular weight is 300 g/mol. The Bertz CT molecular complexity index is 656. The Kier molecular flexibility index (Phi) is 4.85. The van der Waals surface area contributed by atoms with Crippen LogP contribution in [0.2, 0.25) is 0 Å². The summed E-state index contributed by atoms with van der Waals surface area (Å²) in [5, 5.41) is 10.6. The molecule has 1 amide bonds. The van der Waals surface area contributed by atoms with E-state index in [1.54, 1.807) is 0 Å². The van der Waals surface area contributed by atoms with Crippen LogP contribution in [0.25, 0.3) is 0 Å². The number of rotatable bonds is 5. The quantitative estimate of drug-likeness (QED) is 0.891. The molecule has 1 atom stereocenters.